The van der Waals surface area contributed by atoms with Crippen molar-refractivity contribution in [1.82, 2.24) is 10.6 Å². The van der Waals surface area contributed by atoms with E-state index in [1.165, 1.54) is 0 Å². The molecule has 0 radical (unpaired) electrons. The second-order valence-electron chi connectivity index (χ2n) is 4.07. The molecule has 5 nitrogen and oxygen atoms in total. The van der Waals surface area contributed by atoms with Crippen molar-refractivity contribution in [2.75, 3.05) is 18.9 Å². The summed E-state index contributed by atoms with van der Waals surface area (Å²) in [5, 5.41) is 8.23. The fourth-order valence-electron chi connectivity index (χ4n) is 1.87. The summed E-state index contributed by atoms with van der Waals surface area (Å²) < 4.78 is 0. The molecule has 17 heavy (non-hydrogen) atoms. The number of carbonyl (C=O) groups excluding carboxylic acids is 2. The summed E-state index contributed by atoms with van der Waals surface area (Å²) in [6.45, 7) is 2.10. The Morgan fingerprint density at radius 2 is 2.24 bits per heavy atom. The Labute approximate surface area is 99.6 Å². The first-order chi connectivity index (χ1) is 8.11. The van der Waals surface area contributed by atoms with Crippen LogP contribution in [0.1, 0.15) is 17.2 Å². The molecule has 1 aromatic carbocycles. The molecule has 0 spiro atoms. The Morgan fingerprint density at radius 3 is 2.94 bits per heavy atom. The van der Waals surface area contributed by atoms with Crippen LogP contribution in [0.2, 0.25) is 0 Å². The van der Waals surface area contributed by atoms with Gasteiger partial charge in [0.05, 0.1) is 6.54 Å². The largest absolute Gasteiger partial charge is 0.358 e. The molecule has 0 saturated heterocycles. The first-order valence-corrected chi connectivity index (χ1v) is 5.47. The minimum absolute atomic E-state index is 0.116. The van der Waals surface area contributed by atoms with Gasteiger partial charge >= 0.3 is 0 Å². The number of hydrogen-bond donors (Lipinski definition) is 3. The van der Waals surface area contributed by atoms with Crippen LogP contribution in [0.4, 0.5) is 5.69 Å². The fourth-order valence-corrected chi connectivity index (χ4v) is 1.87. The molecule has 3 N–H and O–H groups in total. The van der Waals surface area contributed by atoms with Crippen LogP contribution in [-0.4, -0.2) is 25.4 Å². The van der Waals surface area contributed by atoms with E-state index in [9.17, 15) is 9.59 Å². The summed E-state index contributed by atoms with van der Waals surface area (Å²) in [7, 11) is 1.57. The van der Waals surface area contributed by atoms with E-state index in [2.05, 4.69) is 16.0 Å². The quantitative estimate of drug-likeness (QED) is 0.704. The van der Waals surface area contributed by atoms with Crippen LogP contribution in [0.15, 0.2) is 18.2 Å². The molecule has 1 unspecified atom stereocenters. The SMILES string of the molecule is CNC(=O)CNC1C(=O)Nc2ccc(C)cc21. The van der Waals surface area contributed by atoms with Crippen LogP contribution in [-0.2, 0) is 9.59 Å². The van der Waals surface area contributed by atoms with Crippen LogP contribution in [0.5, 0.6) is 0 Å². The zero-order valence-electron chi connectivity index (χ0n) is 9.83. The minimum Gasteiger partial charge on any atom is -0.358 e. The number of aryl methyl sites for hydroxylation is 1. The van der Waals surface area contributed by atoms with Gasteiger partial charge in [0.15, 0.2) is 0 Å². The van der Waals surface area contributed by atoms with E-state index in [0.29, 0.717) is 0 Å². The van der Waals surface area contributed by atoms with Crippen molar-refractivity contribution in [2.24, 2.45) is 0 Å². The van der Waals surface area contributed by atoms with Crippen LogP contribution in [0.25, 0.3) is 0 Å². The molecule has 1 heterocycles. The van der Waals surface area contributed by atoms with Gasteiger partial charge in [0, 0.05) is 18.3 Å². The predicted molar refractivity (Wildman–Crippen MR) is 64.6 cm³/mol. The van der Waals surface area contributed by atoms with E-state index in [4.69, 9.17) is 0 Å². The van der Waals surface area contributed by atoms with Gasteiger partial charge in [0.25, 0.3) is 0 Å². The summed E-state index contributed by atoms with van der Waals surface area (Å²) in [6, 6.07) is 5.33. The maximum Gasteiger partial charge on any atom is 0.246 e. The average Bonchev–Trinajstić information content (AvgIpc) is 2.61. The standard InChI is InChI=1S/C12H15N3O2/c1-7-3-4-9-8(5-7)11(12(17)15-9)14-6-10(16)13-2/h3-5,11,14H,6H2,1-2H3,(H,13,16)(H,15,17). The van der Waals surface area contributed by atoms with Crippen molar-refractivity contribution in [2.45, 2.75) is 13.0 Å². The van der Waals surface area contributed by atoms with Crippen molar-refractivity contribution < 1.29 is 9.59 Å². The van der Waals surface area contributed by atoms with Crippen molar-refractivity contribution in [3.05, 3.63) is 29.3 Å². The lowest BCUT2D eigenvalue weighted by atomic mass is 10.1. The summed E-state index contributed by atoms with van der Waals surface area (Å²) in [5.41, 5.74) is 2.81. The molecule has 1 aliphatic rings. The van der Waals surface area contributed by atoms with Crippen molar-refractivity contribution in [3.8, 4) is 0 Å². The minimum atomic E-state index is -0.442. The fraction of sp³-hybridized carbons (Fsp3) is 0.333. The number of rotatable bonds is 3. The second-order valence-corrected chi connectivity index (χ2v) is 4.07. The van der Waals surface area contributed by atoms with Gasteiger partial charge in [0.1, 0.15) is 6.04 Å². The molecule has 2 amide bonds. The topological polar surface area (TPSA) is 70.2 Å². The van der Waals surface area contributed by atoms with E-state index < -0.39 is 6.04 Å². The molecular weight excluding hydrogens is 218 g/mol. The Bertz CT molecular complexity index is 471. The van der Waals surface area contributed by atoms with Gasteiger partial charge in [-0.3, -0.25) is 14.9 Å². The van der Waals surface area contributed by atoms with Crippen LogP contribution >= 0.6 is 0 Å². The molecule has 0 aromatic heterocycles. The van der Waals surface area contributed by atoms with Gasteiger partial charge in [-0.15, -0.1) is 0 Å². The zero-order valence-corrected chi connectivity index (χ0v) is 9.83. The van der Waals surface area contributed by atoms with Gasteiger partial charge in [-0.1, -0.05) is 17.7 Å². The molecule has 1 atom stereocenters. The maximum atomic E-state index is 11.7. The van der Waals surface area contributed by atoms with Gasteiger partial charge in [-0.05, 0) is 13.0 Å². The van der Waals surface area contributed by atoms with Crippen LogP contribution in [0.3, 0.4) is 0 Å². The molecule has 2 rings (SSSR count). The number of amides is 2. The summed E-state index contributed by atoms with van der Waals surface area (Å²) in [4.78, 5) is 22.9. The zero-order chi connectivity index (χ0) is 12.4. The van der Waals surface area contributed by atoms with Gasteiger partial charge in [0.2, 0.25) is 11.8 Å². The lowest BCUT2D eigenvalue weighted by Crippen LogP contribution is -2.36. The predicted octanol–water partition coefficient (Wildman–Crippen LogP) is 0.324. The third-order valence-corrected chi connectivity index (χ3v) is 2.78. The van der Waals surface area contributed by atoms with Crippen molar-refractivity contribution in [1.29, 1.82) is 0 Å². The summed E-state index contributed by atoms with van der Waals surface area (Å²) >= 11 is 0. The highest BCUT2D eigenvalue weighted by Gasteiger charge is 2.30. The smallest absolute Gasteiger partial charge is 0.246 e. The number of carbonyl (C=O) groups is 2. The number of anilines is 1. The third-order valence-electron chi connectivity index (χ3n) is 2.78. The molecule has 90 valence electrons. The highest BCUT2D eigenvalue weighted by atomic mass is 16.2. The average molecular weight is 233 g/mol. The second kappa shape index (κ2) is 4.55. The Balaban J connectivity index is 2.16. The first kappa shape index (κ1) is 11.6. The van der Waals surface area contributed by atoms with Crippen molar-refractivity contribution in [3.63, 3.8) is 0 Å². The Hall–Kier alpha value is -1.88. The molecule has 5 heteroatoms. The number of benzene rings is 1. The normalized spacial score (nSPS) is 17.5. The molecule has 0 bridgehead atoms. The molecule has 1 aliphatic heterocycles. The molecule has 1 aromatic rings. The monoisotopic (exact) mass is 233 g/mol. The maximum absolute atomic E-state index is 11.7. The van der Waals surface area contributed by atoms with Crippen LogP contribution < -0.4 is 16.0 Å². The highest BCUT2D eigenvalue weighted by molar-refractivity contribution is 6.02. The van der Waals surface area contributed by atoms with Gasteiger partial charge in [-0.25, -0.2) is 0 Å². The number of hydrogen-bond acceptors (Lipinski definition) is 3. The number of likely N-dealkylation sites (N-methyl/N-ethyl adjacent to an activating group) is 1. The van der Waals surface area contributed by atoms with Crippen molar-refractivity contribution >= 4 is 17.5 Å². The van der Waals surface area contributed by atoms with E-state index in [0.717, 1.165) is 16.8 Å². The molecular formula is C12H15N3O2. The third kappa shape index (κ3) is 2.29. The molecule has 0 aliphatic carbocycles. The summed E-state index contributed by atoms with van der Waals surface area (Å²) in [5.74, 6) is -0.256. The lowest BCUT2D eigenvalue weighted by Gasteiger charge is -2.10. The van der Waals surface area contributed by atoms with Gasteiger partial charge < -0.3 is 10.6 Å². The van der Waals surface area contributed by atoms with E-state index >= 15 is 0 Å². The van der Waals surface area contributed by atoms with E-state index in [1.54, 1.807) is 7.05 Å². The van der Waals surface area contributed by atoms with Crippen LogP contribution in [0, 0.1) is 6.92 Å². The Kier molecular flexibility index (Phi) is 3.10. The summed E-state index contributed by atoms with van der Waals surface area (Å²) in [6.07, 6.45) is 0. The van der Waals surface area contributed by atoms with E-state index in [-0.39, 0.29) is 18.4 Å². The first-order valence-electron chi connectivity index (χ1n) is 5.47. The molecule has 0 fully saturated rings. The van der Waals surface area contributed by atoms with Gasteiger partial charge in [-0.2, -0.15) is 0 Å². The highest BCUT2D eigenvalue weighted by Crippen LogP contribution is 2.31. The Morgan fingerprint density at radius 1 is 1.47 bits per heavy atom. The number of nitrogens with one attached hydrogen (secondary N) is 3. The van der Waals surface area contributed by atoms with E-state index in [1.807, 2.05) is 25.1 Å². The lowest BCUT2D eigenvalue weighted by molar-refractivity contribution is -0.120. The number of fused-ring (bicyclic) bond motifs is 1. The molecule has 0 saturated carbocycles.